The number of anilines is 1. The summed E-state index contributed by atoms with van der Waals surface area (Å²) in [6.45, 7) is 9.64. The molecule has 0 bridgehead atoms. The Bertz CT molecular complexity index is 1400. The third-order valence-electron chi connectivity index (χ3n) is 6.38. The van der Waals surface area contributed by atoms with Gasteiger partial charge in [-0.25, -0.2) is 13.1 Å². The number of hydrogen-bond donors (Lipinski definition) is 1. The number of thiophene rings is 1. The predicted octanol–water partition coefficient (Wildman–Crippen LogP) is 4.63. The Morgan fingerprint density at radius 2 is 1.66 bits per heavy atom. The van der Waals surface area contributed by atoms with Crippen molar-refractivity contribution in [3.63, 3.8) is 0 Å². The van der Waals surface area contributed by atoms with Gasteiger partial charge in [-0.15, -0.1) is 11.3 Å². The summed E-state index contributed by atoms with van der Waals surface area (Å²) in [7, 11) is -3.78. The Morgan fingerprint density at radius 3 is 2.29 bits per heavy atom. The van der Waals surface area contributed by atoms with Crippen LogP contribution in [0.1, 0.15) is 47.7 Å². The highest BCUT2D eigenvalue weighted by Crippen LogP contribution is 2.29. The SMILES string of the molecule is CCOc1cccc(-c2csc(C(=O)N3CCN(c4ccc(C(=O)NS(=O)(=O)C(C)(C)C)cc4)CC3)c2)c1. The number of hydrogen-bond acceptors (Lipinski definition) is 7. The van der Waals surface area contributed by atoms with Crippen LogP contribution in [0.4, 0.5) is 5.69 Å². The Kier molecular flexibility index (Phi) is 8.13. The van der Waals surface area contributed by atoms with Crippen molar-refractivity contribution in [3.05, 3.63) is 70.4 Å². The standard InChI is InChI=1S/C28H33N3O5S2/c1-5-36-24-8-6-7-21(17-24)22-18-25(37-19-22)27(33)31-15-13-30(14-16-31)23-11-9-20(10-12-23)26(32)29-38(34,35)28(2,3)4/h6-12,17-19H,5,13-16H2,1-4H3,(H,29,32). The first-order valence-electron chi connectivity index (χ1n) is 12.5. The van der Waals surface area contributed by atoms with Crippen LogP contribution in [0.15, 0.2) is 60.0 Å². The summed E-state index contributed by atoms with van der Waals surface area (Å²) in [4.78, 5) is 30.3. The van der Waals surface area contributed by atoms with E-state index in [4.69, 9.17) is 4.74 Å². The molecule has 1 saturated heterocycles. The highest BCUT2D eigenvalue weighted by atomic mass is 32.2. The molecule has 1 fully saturated rings. The Labute approximate surface area is 228 Å². The van der Waals surface area contributed by atoms with Gasteiger partial charge < -0.3 is 14.5 Å². The molecule has 202 valence electrons. The summed E-state index contributed by atoms with van der Waals surface area (Å²) in [5.74, 6) is 0.180. The fourth-order valence-corrected chi connectivity index (χ4v) is 5.56. The van der Waals surface area contributed by atoms with Gasteiger partial charge in [0.2, 0.25) is 10.0 Å². The average molecular weight is 556 g/mol. The summed E-state index contributed by atoms with van der Waals surface area (Å²) >= 11 is 1.45. The molecule has 8 nitrogen and oxygen atoms in total. The van der Waals surface area contributed by atoms with E-state index in [1.165, 1.54) is 32.1 Å². The second-order valence-corrected chi connectivity index (χ2v) is 13.4. The first-order chi connectivity index (χ1) is 18.0. The number of nitrogens with zero attached hydrogens (tertiary/aromatic N) is 2. The number of amides is 2. The van der Waals surface area contributed by atoms with E-state index in [9.17, 15) is 18.0 Å². The van der Waals surface area contributed by atoms with E-state index in [2.05, 4.69) is 9.62 Å². The molecule has 1 aromatic heterocycles. The zero-order valence-electron chi connectivity index (χ0n) is 22.1. The zero-order valence-corrected chi connectivity index (χ0v) is 23.7. The van der Waals surface area contributed by atoms with Crippen molar-refractivity contribution >= 4 is 38.9 Å². The van der Waals surface area contributed by atoms with Gasteiger partial charge >= 0.3 is 0 Å². The number of sulfonamides is 1. The van der Waals surface area contributed by atoms with Crippen molar-refractivity contribution < 1.29 is 22.7 Å². The van der Waals surface area contributed by atoms with Crippen molar-refractivity contribution in [3.8, 4) is 16.9 Å². The van der Waals surface area contributed by atoms with E-state index in [1.807, 2.05) is 47.5 Å². The molecule has 0 saturated carbocycles. The molecule has 2 heterocycles. The number of rotatable bonds is 7. The molecule has 4 rings (SSSR count). The zero-order chi connectivity index (χ0) is 27.5. The van der Waals surface area contributed by atoms with Crippen LogP contribution in [-0.2, 0) is 10.0 Å². The molecule has 0 spiro atoms. The maximum Gasteiger partial charge on any atom is 0.264 e. The molecule has 0 unspecified atom stereocenters. The van der Waals surface area contributed by atoms with Gasteiger partial charge in [-0.2, -0.15) is 0 Å². The lowest BCUT2D eigenvalue weighted by molar-refractivity contribution is 0.0751. The second-order valence-electron chi connectivity index (χ2n) is 10.0. The maximum absolute atomic E-state index is 13.2. The lowest BCUT2D eigenvalue weighted by Gasteiger charge is -2.36. The third kappa shape index (κ3) is 6.19. The smallest absolute Gasteiger partial charge is 0.264 e. The van der Waals surface area contributed by atoms with Gasteiger partial charge in [-0.05, 0) is 86.7 Å². The number of nitrogens with one attached hydrogen (secondary N) is 1. The summed E-state index contributed by atoms with van der Waals surface area (Å²) in [5, 5.41) is 2.00. The Hall–Kier alpha value is -3.37. The quantitative estimate of drug-likeness (QED) is 0.457. The van der Waals surface area contributed by atoms with Crippen LogP contribution < -0.4 is 14.4 Å². The van der Waals surface area contributed by atoms with E-state index in [0.29, 0.717) is 37.7 Å². The van der Waals surface area contributed by atoms with E-state index in [1.54, 1.807) is 24.3 Å². The largest absolute Gasteiger partial charge is 0.494 e. The van der Waals surface area contributed by atoms with Gasteiger partial charge in [0, 0.05) is 37.4 Å². The Balaban J connectivity index is 1.35. The minimum absolute atomic E-state index is 0.0222. The number of carbonyl (C=O) groups excluding carboxylic acids is 2. The van der Waals surface area contributed by atoms with Crippen molar-refractivity contribution in [2.75, 3.05) is 37.7 Å². The topological polar surface area (TPSA) is 96.0 Å². The minimum atomic E-state index is -3.78. The summed E-state index contributed by atoms with van der Waals surface area (Å²) < 4.78 is 31.2. The summed E-state index contributed by atoms with van der Waals surface area (Å²) in [5.41, 5.74) is 3.21. The monoisotopic (exact) mass is 555 g/mol. The van der Waals surface area contributed by atoms with Gasteiger partial charge in [0.25, 0.3) is 11.8 Å². The molecule has 1 aliphatic heterocycles. The van der Waals surface area contributed by atoms with Crippen molar-refractivity contribution in [1.82, 2.24) is 9.62 Å². The normalized spacial score (nSPS) is 14.3. The molecule has 1 aliphatic rings. The van der Waals surface area contributed by atoms with Crippen LogP contribution in [0.25, 0.3) is 11.1 Å². The lowest BCUT2D eigenvalue weighted by Crippen LogP contribution is -2.48. The molecule has 10 heteroatoms. The van der Waals surface area contributed by atoms with Gasteiger partial charge in [-0.1, -0.05) is 12.1 Å². The third-order valence-corrected chi connectivity index (χ3v) is 9.37. The molecule has 1 N–H and O–H groups in total. The molecule has 2 amide bonds. The number of piperazine rings is 1. The van der Waals surface area contributed by atoms with Crippen molar-refractivity contribution in [2.45, 2.75) is 32.4 Å². The highest BCUT2D eigenvalue weighted by Gasteiger charge is 2.31. The number of benzene rings is 2. The van der Waals surface area contributed by atoms with Crippen molar-refractivity contribution in [1.29, 1.82) is 0 Å². The fraction of sp³-hybridized carbons (Fsp3) is 0.357. The summed E-state index contributed by atoms with van der Waals surface area (Å²) in [6.07, 6.45) is 0. The van der Waals surface area contributed by atoms with Gasteiger partial charge in [0.1, 0.15) is 5.75 Å². The first-order valence-corrected chi connectivity index (χ1v) is 14.9. The lowest BCUT2D eigenvalue weighted by atomic mass is 10.1. The van der Waals surface area contributed by atoms with Crippen LogP contribution in [0.5, 0.6) is 5.75 Å². The molecule has 0 atom stereocenters. The highest BCUT2D eigenvalue weighted by molar-refractivity contribution is 7.91. The minimum Gasteiger partial charge on any atom is -0.494 e. The molecule has 3 aromatic rings. The van der Waals surface area contributed by atoms with Crippen molar-refractivity contribution in [2.24, 2.45) is 0 Å². The number of carbonyl (C=O) groups is 2. The van der Waals surface area contributed by atoms with E-state index >= 15 is 0 Å². The van der Waals surface area contributed by atoms with E-state index < -0.39 is 20.7 Å². The van der Waals surface area contributed by atoms with Gasteiger partial charge in [0.15, 0.2) is 0 Å². The molecule has 2 aromatic carbocycles. The molecular formula is C28H33N3O5S2. The number of ether oxygens (including phenoxy) is 1. The van der Waals surface area contributed by atoms with E-state index in [0.717, 1.165) is 22.6 Å². The van der Waals surface area contributed by atoms with Crippen LogP contribution >= 0.6 is 11.3 Å². The second kappa shape index (κ2) is 11.2. The predicted molar refractivity (Wildman–Crippen MR) is 152 cm³/mol. The average Bonchev–Trinajstić information content (AvgIpc) is 3.38. The van der Waals surface area contributed by atoms with Crippen LogP contribution in [0, 0.1) is 0 Å². The molecule has 0 aliphatic carbocycles. The van der Waals surface area contributed by atoms with Crippen LogP contribution in [0.2, 0.25) is 0 Å². The van der Waals surface area contributed by atoms with Crippen LogP contribution in [-0.4, -0.2) is 62.7 Å². The Morgan fingerprint density at radius 1 is 0.974 bits per heavy atom. The first kappa shape index (κ1) is 27.7. The van der Waals surface area contributed by atoms with Crippen LogP contribution in [0.3, 0.4) is 0 Å². The molecule has 38 heavy (non-hydrogen) atoms. The molecular weight excluding hydrogens is 522 g/mol. The van der Waals surface area contributed by atoms with Gasteiger partial charge in [0.05, 0.1) is 16.2 Å². The van der Waals surface area contributed by atoms with E-state index in [-0.39, 0.29) is 11.5 Å². The molecule has 0 radical (unpaired) electrons. The van der Waals surface area contributed by atoms with Gasteiger partial charge in [-0.3, -0.25) is 9.59 Å². The summed E-state index contributed by atoms with van der Waals surface area (Å²) in [6, 6.07) is 16.6. The maximum atomic E-state index is 13.2. The fourth-order valence-electron chi connectivity index (χ4n) is 4.01.